The third-order valence-corrected chi connectivity index (χ3v) is 2.28. The van der Waals surface area contributed by atoms with Crippen LogP contribution in [0.25, 0.3) is 0 Å². The van der Waals surface area contributed by atoms with Crippen molar-refractivity contribution in [3.8, 4) is 0 Å². The van der Waals surface area contributed by atoms with E-state index in [1.165, 1.54) is 0 Å². The molecule has 0 amide bonds. The van der Waals surface area contributed by atoms with E-state index in [1.807, 2.05) is 0 Å². The second-order valence-corrected chi connectivity index (χ2v) is 3.38. The fraction of sp³-hybridized carbons (Fsp3) is 0.0833. The van der Waals surface area contributed by atoms with Crippen LogP contribution in [0.5, 0.6) is 0 Å². The van der Waals surface area contributed by atoms with E-state index in [9.17, 15) is 4.79 Å². The molecular formula is C12H11N3O. The minimum Gasteiger partial charge on any atom is -0.383 e. The predicted octanol–water partition coefficient (Wildman–Crippen LogP) is 1.48. The molecule has 0 aromatic carbocycles. The van der Waals surface area contributed by atoms with Gasteiger partial charge in [-0.3, -0.25) is 9.78 Å². The van der Waals surface area contributed by atoms with Crippen LogP contribution in [0.2, 0.25) is 0 Å². The zero-order chi connectivity index (χ0) is 11.4. The Balaban J connectivity index is 2.18. The van der Waals surface area contributed by atoms with Crippen molar-refractivity contribution in [2.75, 3.05) is 5.73 Å². The lowest BCUT2D eigenvalue weighted by Crippen LogP contribution is -2.06. The van der Waals surface area contributed by atoms with Crippen molar-refractivity contribution >= 4 is 11.6 Å². The minimum absolute atomic E-state index is 0.0158. The maximum atomic E-state index is 11.9. The van der Waals surface area contributed by atoms with Crippen LogP contribution in [0.1, 0.15) is 15.9 Å². The number of hydrogen-bond acceptors (Lipinski definition) is 4. The second-order valence-electron chi connectivity index (χ2n) is 3.38. The number of nitrogens with two attached hydrogens (primary N) is 1. The summed E-state index contributed by atoms with van der Waals surface area (Å²) in [6, 6.07) is 6.96. The summed E-state index contributed by atoms with van der Waals surface area (Å²) in [5.41, 5.74) is 7.06. The van der Waals surface area contributed by atoms with Crippen LogP contribution < -0.4 is 5.73 Å². The number of pyridine rings is 2. The first-order chi connectivity index (χ1) is 7.77. The highest BCUT2D eigenvalue weighted by Crippen LogP contribution is 2.11. The first kappa shape index (κ1) is 10.3. The van der Waals surface area contributed by atoms with Gasteiger partial charge in [-0.15, -0.1) is 0 Å². The maximum Gasteiger partial charge on any atom is 0.167 e. The van der Waals surface area contributed by atoms with Crippen molar-refractivity contribution in [2.24, 2.45) is 0 Å². The molecule has 2 heterocycles. The van der Waals surface area contributed by atoms with Gasteiger partial charge in [-0.2, -0.15) is 0 Å². The third-order valence-electron chi connectivity index (χ3n) is 2.28. The number of Topliss-reactive ketones (excluding diaryl/α,β-unsaturated/α-hetero) is 1. The van der Waals surface area contributed by atoms with Gasteiger partial charge in [0.15, 0.2) is 5.78 Å². The standard InChI is InChI=1S/C12H11N3O/c13-12-10(2-1-5-15-12)8-11(16)9-3-6-14-7-4-9/h1-7H,8H2,(H2,13,15). The molecule has 2 aromatic heterocycles. The Bertz CT molecular complexity index is 497. The topological polar surface area (TPSA) is 68.9 Å². The number of hydrogen-bond donors (Lipinski definition) is 1. The van der Waals surface area contributed by atoms with Gasteiger partial charge in [0.25, 0.3) is 0 Å². The van der Waals surface area contributed by atoms with Gasteiger partial charge in [0.2, 0.25) is 0 Å². The van der Waals surface area contributed by atoms with E-state index in [0.717, 1.165) is 5.56 Å². The molecule has 16 heavy (non-hydrogen) atoms. The number of rotatable bonds is 3. The molecule has 80 valence electrons. The Kier molecular flexibility index (Phi) is 2.91. The Morgan fingerprint density at radius 1 is 1.19 bits per heavy atom. The van der Waals surface area contributed by atoms with Gasteiger partial charge < -0.3 is 5.73 Å². The summed E-state index contributed by atoms with van der Waals surface area (Å²) in [7, 11) is 0. The first-order valence-corrected chi connectivity index (χ1v) is 4.90. The molecule has 2 aromatic rings. The Morgan fingerprint density at radius 2 is 1.94 bits per heavy atom. The zero-order valence-corrected chi connectivity index (χ0v) is 8.63. The average Bonchev–Trinajstić information content (AvgIpc) is 2.33. The molecule has 0 atom stereocenters. The number of carbonyl (C=O) groups is 1. The van der Waals surface area contributed by atoms with Crippen LogP contribution in [0.4, 0.5) is 5.82 Å². The van der Waals surface area contributed by atoms with Crippen molar-refractivity contribution in [1.29, 1.82) is 0 Å². The molecule has 0 fully saturated rings. The fourth-order valence-corrected chi connectivity index (χ4v) is 1.41. The summed E-state index contributed by atoms with van der Waals surface area (Å²) in [6.45, 7) is 0. The average molecular weight is 213 g/mol. The molecular weight excluding hydrogens is 202 g/mol. The summed E-state index contributed by atoms with van der Waals surface area (Å²) in [6.07, 6.45) is 5.07. The molecule has 0 aliphatic rings. The van der Waals surface area contributed by atoms with Gasteiger partial charge in [-0.05, 0) is 18.2 Å². The highest BCUT2D eigenvalue weighted by Gasteiger charge is 2.08. The highest BCUT2D eigenvalue weighted by atomic mass is 16.1. The normalized spacial score (nSPS) is 10.0. The molecule has 0 unspecified atom stereocenters. The fourth-order valence-electron chi connectivity index (χ4n) is 1.41. The van der Waals surface area contributed by atoms with E-state index in [2.05, 4.69) is 9.97 Å². The van der Waals surface area contributed by atoms with E-state index >= 15 is 0 Å². The number of ketones is 1. The van der Waals surface area contributed by atoms with E-state index in [4.69, 9.17) is 5.73 Å². The van der Waals surface area contributed by atoms with Crippen molar-refractivity contribution in [1.82, 2.24) is 9.97 Å². The molecule has 2 N–H and O–H groups in total. The second kappa shape index (κ2) is 4.53. The lowest BCUT2D eigenvalue weighted by atomic mass is 10.0. The van der Waals surface area contributed by atoms with Gasteiger partial charge in [0.05, 0.1) is 0 Å². The zero-order valence-electron chi connectivity index (χ0n) is 8.63. The summed E-state index contributed by atoms with van der Waals surface area (Å²) in [5, 5.41) is 0. The highest BCUT2D eigenvalue weighted by molar-refractivity contribution is 5.97. The SMILES string of the molecule is Nc1ncccc1CC(=O)c1ccncc1. The molecule has 0 radical (unpaired) electrons. The summed E-state index contributed by atoms with van der Waals surface area (Å²) < 4.78 is 0. The van der Waals surface area contributed by atoms with Crippen molar-refractivity contribution in [2.45, 2.75) is 6.42 Å². The van der Waals surface area contributed by atoms with E-state index in [0.29, 0.717) is 11.4 Å². The van der Waals surface area contributed by atoms with Crippen LogP contribution in [0.3, 0.4) is 0 Å². The summed E-state index contributed by atoms with van der Waals surface area (Å²) >= 11 is 0. The predicted molar refractivity (Wildman–Crippen MR) is 60.9 cm³/mol. The van der Waals surface area contributed by atoms with E-state index in [-0.39, 0.29) is 12.2 Å². The number of nitrogen functional groups attached to an aromatic ring is 1. The number of carbonyl (C=O) groups excluding carboxylic acids is 1. The molecule has 0 aliphatic carbocycles. The first-order valence-electron chi connectivity index (χ1n) is 4.90. The minimum atomic E-state index is 0.0158. The molecule has 0 spiro atoms. The van der Waals surface area contributed by atoms with Gasteiger partial charge in [-0.1, -0.05) is 6.07 Å². The molecule has 0 saturated carbocycles. The van der Waals surface area contributed by atoms with Crippen molar-refractivity contribution in [3.63, 3.8) is 0 Å². The van der Waals surface area contributed by atoms with Crippen LogP contribution in [-0.4, -0.2) is 15.8 Å². The Morgan fingerprint density at radius 3 is 2.62 bits per heavy atom. The molecule has 0 aliphatic heterocycles. The van der Waals surface area contributed by atoms with Crippen LogP contribution >= 0.6 is 0 Å². The Labute approximate surface area is 93.2 Å². The van der Waals surface area contributed by atoms with Gasteiger partial charge >= 0.3 is 0 Å². The Hall–Kier alpha value is -2.23. The van der Waals surface area contributed by atoms with Crippen molar-refractivity contribution in [3.05, 3.63) is 54.0 Å². The van der Waals surface area contributed by atoms with Crippen molar-refractivity contribution < 1.29 is 4.79 Å². The quantitative estimate of drug-likeness (QED) is 0.784. The molecule has 0 saturated heterocycles. The number of anilines is 1. The molecule has 0 bridgehead atoms. The monoisotopic (exact) mass is 213 g/mol. The van der Waals surface area contributed by atoms with Gasteiger partial charge in [0.1, 0.15) is 5.82 Å². The molecule has 4 heteroatoms. The van der Waals surface area contributed by atoms with Gasteiger partial charge in [0, 0.05) is 36.1 Å². The lowest BCUT2D eigenvalue weighted by Gasteiger charge is -2.03. The maximum absolute atomic E-state index is 11.9. The van der Waals surface area contributed by atoms with E-state index in [1.54, 1.807) is 42.9 Å². The number of aromatic nitrogens is 2. The smallest absolute Gasteiger partial charge is 0.167 e. The lowest BCUT2D eigenvalue weighted by molar-refractivity contribution is 0.0993. The molecule has 4 nitrogen and oxygen atoms in total. The summed E-state index contributed by atoms with van der Waals surface area (Å²) in [5.74, 6) is 0.423. The summed E-state index contributed by atoms with van der Waals surface area (Å²) in [4.78, 5) is 19.7. The van der Waals surface area contributed by atoms with Gasteiger partial charge in [-0.25, -0.2) is 4.98 Å². The van der Waals surface area contributed by atoms with E-state index < -0.39 is 0 Å². The number of nitrogens with zero attached hydrogens (tertiary/aromatic N) is 2. The largest absolute Gasteiger partial charge is 0.383 e. The molecule has 2 rings (SSSR count). The van der Waals surface area contributed by atoms with Crippen LogP contribution in [-0.2, 0) is 6.42 Å². The van der Waals surface area contributed by atoms with Crippen LogP contribution in [0, 0.1) is 0 Å². The third kappa shape index (κ3) is 2.23. The van der Waals surface area contributed by atoms with Crippen LogP contribution in [0.15, 0.2) is 42.9 Å².